The number of ether oxygens (including phenoxy) is 2. The number of carbonyl (C=O) groups excluding carboxylic acids is 1. The van der Waals surface area contributed by atoms with Gasteiger partial charge in [0, 0.05) is 62.3 Å². The van der Waals surface area contributed by atoms with Crippen LogP contribution in [0, 0.1) is 0 Å². The van der Waals surface area contributed by atoms with Crippen LogP contribution in [0.5, 0.6) is 11.5 Å². The molecular formula is C28H36N4O4. The third-order valence-corrected chi connectivity index (χ3v) is 7.70. The molecule has 5 rings (SSSR count). The number of aliphatic hydroxyl groups excluding tert-OH is 1. The van der Waals surface area contributed by atoms with E-state index in [4.69, 9.17) is 9.47 Å². The van der Waals surface area contributed by atoms with Crippen molar-refractivity contribution in [3.05, 3.63) is 59.3 Å². The molecule has 0 radical (unpaired) electrons. The molecule has 2 N–H and O–H groups in total. The predicted octanol–water partition coefficient (Wildman–Crippen LogP) is 3.42. The van der Waals surface area contributed by atoms with Crippen LogP contribution in [-0.4, -0.2) is 72.5 Å². The molecule has 36 heavy (non-hydrogen) atoms. The number of fused-ring (bicyclic) bond motifs is 4. The summed E-state index contributed by atoms with van der Waals surface area (Å²) >= 11 is 0. The van der Waals surface area contributed by atoms with Gasteiger partial charge in [-0.2, -0.15) is 0 Å². The Labute approximate surface area is 212 Å². The van der Waals surface area contributed by atoms with Crippen LogP contribution >= 0.6 is 0 Å². The number of nitrogens with one attached hydrogen (secondary N) is 1. The van der Waals surface area contributed by atoms with Crippen LogP contribution in [0.1, 0.15) is 36.2 Å². The van der Waals surface area contributed by atoms with Gasteiger partial charge in [-0.05, 0) is 41.8 Å². The van der Waals surface area contributed by atoms with Gasteiger partial charge in [0.05, 0.1) is 32.4 Å². The SMILES string of the molecule is CCCNC(=O)N1CC2(CN(Cc3cccc(OC)c3)C2)c2c(n(C)c3cc(OC)ccc23)[C@H]1CO. The lowest BCUT2D eigenvalue weighted by Gasteiger charge is -2.56. The molecule has 2 aliphatic rings. The number of aliphatic hydroxyl groups is 1. The molecule has 8 heteroatoms. The third-order valence-electron chi connectivity index (χ3n) is 7.70. The highest BCUT2D eigenvalue weighted by Gasteiger charge is 2.54. The normalized spacial score (nSPS) is 18.7. The van der Waals surface area contributed by atoms with Crippen molar-refractivity contribution in [2.75, 3.05) is 47.0 Å². The fourth-order valence-corrected chi connectivity index (χ4v) is 6.11. The maximum atomic E-state index is 13.3. The molecule has 0 bridgehead atoms. The highest BCUT2D eigenvalue weighted by molar-refractivity contribution is 5.90. The first-order valence-electron chi connectivity index (χ1n) is 12.6. The van der Waals surface area contributed by atoms with Crippen molar-refractivity contribution in [2.24, 2.45) is 7.05 Å². The first-order valence-corrected chi connectivity index (χ1v) is 12.6. The van der Waals surface area contributed by atoms with Gasteiger partial charge in [0.2, 0.25) is 0 Å². The maximum absolute atomic E-state index is 13.3. The molecule has 1 atom stereocenters. The lowest BCUT2D eigenvalue weighted by atomic mass is 9.68. The summed E-state index contributed by atoms with van der Waals surface area (Å²) in [5.41, 5.74) is 4.31. The minimum Gasteiger partial charge on any atom is -0.497 e. The zero-order valence-electron chi connectivity index (χ0n) is 21.6. The molecule has 2 aromatic carbocycles. The first kappa shape index (κ1) is 24.5. The second-order valence-electron chi connectivity index (χ2n) is 10.0. The molecule has 8 nitrogen and oxygen atoms in total. The zero-order valence-corrected chi connectivity index (χ0v) is 21.6. The predicted molar refractivity (Wildman–Crippen MR) is 140 cm³/mol. The van der Waals surface area contributed by atoms with E-state index in [0.29, 0.717) is 13.1 Å². The van der Waals surface area contributed by atoms with E-state index in [1.165, 1.54) is 16.5 Å². The van der Waals surface area contributed by atoms with Gasteiger partial charge in [-0.1, -0.05) is 19.1 Å². The largest absolute Gasteiger partial charge is 0.497 e. The van der Waals surface area contributed by atoms with Gasteiger partial charge >= 0.3 is 6.03 Å². The number of aromatic nitrogens is 1. The molecule has 1 fully saturated rings. The number of hydrogen-bond acceptors (Lipinski definition) is 5. The van der Waals surface area contributed by atoms with E-state index in [1.54, 1.807) is 14.2 Å². The van der Waals surface area contributed by atoms with Crippen molar-refractivity contribution in [1.29, 1.82) is 0 Å². The number of likely N-dealkylation sites (tertiary alicyclic amines) is 1. The van der Waals surface area contributed by atoms with Crippen LogP contribution < -0.4 is 14.8 Å². The number of nitrogens with zero attached hydrogens (tertiary/aromatic N) is 3. The molecule has 192 valence electrons. The molecule has 1 spiro atoms. The Bertz CT molecular complexity index is 1260. The number of benzene rings is 2. The van der Waals surface area contributed by atoms with Gasteiger partial charge in [-0.25, -0.2) is 4.79 Å². The quantitative estimate of drug-likeness (QED) is 0.529. The lowest BCUT2D eigenvalue weighted by molar-refractivity contribution is 0.00550. The molecule has 2 amide bonds. The standard InChI is InChI=1S/C28H36N4O4/c1-5-11-29-27(34)32-18-28(16-31(17-28)14-19-7-6-8-20(12-19)35-3)25-22-10-9-21(36-4)13-23(22)30(2)26(25)24(32)15-33/h6-10,12-13,24,33H,5,11,14-18H2,1-4H3,(H,29,34)/t24-/m1/s1. The molecule has 0 saturated carbocycles. The molecule has 1 saturated heterocycles. The van der Waals surface area contributed by atoms with E-state index in [2.05, 4.69) is 33.0 Å². The molecule has 0 aliphatic carbocycles. The Morgan fingerprint density at radius 2 is 1.86 bits per heavy atom. The Morgan fingerprint density at radius 3 is 2.56 bits per heavy atom. The van der Waals surface area contributed by atoms with Gasteiger partial charge in [0.15, 0.2) is 0 Å². The Hall–Kier alpha value is -3.23. The average Bonchev–Trinajstić information content (AvgIpc) is 3.18. The second kappa shape index (κ2) is 9.67. The van der Waals surface area contributed by atoms with Crippen LogP contribution in [0.15, 0.2) is 42.5 Å². The number of methoxy groups -OCH3 is 2. The molecule has 3 aromatic rings. The Morgan fingerprint density at radius 1 is 1.11 bits per heavy atom. The molecule has 3 heterocycles. The smallest absolute Gasteiger partial charge is 0.318 e. The summed E-state index contributed by atoms with van der Waals surface area (Å²) in [6, 6.07) is 13.8. The molecule has 0 unspecified atom stereocenters. The summed E-state index contributed by atoms with van der Waals surface area (Å²) in [5.74, 6) is 1.65. The highest BCUT2D eigenvalue weighted by atomic mass is 16.5. The van der Waals surface area contributed by atoms with Crippen molar-refractivity contribution in [3.8, 4) is 11.5 Å². The van der Waals surface area contributed by atoms with Crippen LogP contribution in [0.2, 0.25) is 0 Å². The lowest BCUT2D eigenvalue weighted by Crippen LogP contribution is -2.67. The number of amides is 2. The van der Waals surface area contributed by atoms with Gasteiger partial charge in [0.25, 0.3) is 0 Å². The monoisotopic (exact) mass is 492 g/mol. The summed E-state index contributed by atoms with van der Waals surface area (Å²) in [6.45, 7) is 5.58. The summed E-state index contributed by atoms with van der Waals surface area (Å²) in [7, 11) is 5.38. The average molecular weight is 493 g/mol. The van der Waals surface area contributed by atoms with E-state index in [9.17, 15) is 9.90 Å². The zero-order chi connectivity index (χ0) is 25.4. The van der Waals surface area contributed by atoms with Crippen molar-refractivity contribution in [1.82, 2.24) is 19.7 Å². The highest BCUT2D eigenvalue weighted by Crippen LogP contribution is 2.49. The van der Waals surface area contributed by atoms with E-state index in [-0.39, 0.29) is 18.1 Å². The van der Waals surface area contributed by atoms with Gasteiger partial charge in [-0.3, -0.25) is 4.90 Å². The van der Waals surface area contributed by atoms with Crippen molar-refractivity contribution < 1.29 is 19.4 Å². The fraction of sp³-hybridized carbons (Fsp3) is 0.464. The second-order valence-corrected chi connectivity index (χ2v) is 10.0. The summed E-state index contributed by atoms with van der Waals surface area (Å²) in [6.07, 6.45) is 0.863. The first-order chi connectivity index (χ1) is 17.4. The summed E-state index contributed by atoms with van der Waals surface area (Å²) in [4.78, 5) is 17.5. The number of carbonyl (C=O) groups is 1. The summed E-state index contributed by atoms with van der Waals surface area (Å²) < 4.78 is 13.0. The molecule has 2 aliphatic heterocycles. The minimum atomic E-state index is -0.404. The Kier molecular flexibility index (Phi) is 6.57. The van der Waals surface area contributed by atoms with Gasteiger partial charge < -0.3 is 29.4 Å². The maximum Gasteiger partial charge on any atom is 0.318 e. The van der Waals surface area contributed by atoms with Crippen LogP contribution in [0.25, 0.3) is 10.9 Å². The van der Waals surface area contributed by atoms with Crippen molar-refractivity contribution >= 4 is 16.9 Å². The molecular weight excluding hydrogens is 456 g/mol. The summed E-state index contributed by atoms with van der Waals surface area (Å²) in [5, 5.41) is 14.7. The van der Waals surface area contributed by atoms with Crippen LogP contribution in [0.4, 0.5) is 4.79 Å². The van der Waals surface area contributed by atoms with E-state index >= 15 is 0 Å². The Balaban J connectivity index is 1.55. The number of hydrogen-bond donors (Lipinski definition) is 2. The van der Waals surface area contributed by atoms with Crippen molar-refractivity contribution in [3.63, 3.8) is 0 Å². The van der Waals surface area contributed by atoms with E-state index < -0.39 is 6.04 Å². The third kappa shape index (κ3) is 3.98. The van der Waals surface area contributed by atoms with Crippen molar-refractivity contribution in [2.45, 2.75) is 31.3 Å². The van der Waals surface area contributed by atoms with Gasteiger partial charge in [0.1, 0.15) is 11.5 Å². The van der Waals surface area contributed by atoms with E-state index in [1.807, 2.05) is 43.1 Å². The topological polar surface area (TPSA) is 79.2 Å². The van der Waals surface area contributed by atoms with E-state index in [0.717, 1.165) is 48.8 Å². The minimum absolute atomic E-state index is 0.116. The fourth-order valence-electron chi connectivity index (χ4n) is 6.11. The number of aryl methyl sites for hydroxylation is 1. The van der Waals surface area contributed by atoms with Crippen LogP contribution in [0.3, 0.4) is 0 Å². The van der Waals surface area contributed by atoms with Crippen LogP contribution in [-0.2, 0) is 19.0 Å². The van der Waals surface area contributed by atoms with Gasteiger partial charge in [-0.15, -0.1) is 0 Å². The molecule has 1 aromatic heterocycles. The number of urea groups is 1. The number of rotatable bonds is 7.